The standard InChI is InChI=1S/C25H27ClN4O4/c1-4-34-23(32)21-18(5-6-19(26)28-21)27-15(3)16-11-14(2)12-17-20(16)29-24-25(8-10-33-13-25)7-9-30(24)22(17)31/h5-6,11-12,15,27H,4,7-10,13H2,1-3H3/t15-,25+/m1/s1. The Labute approximate surface area is 202 Å². The van der Waals surface area contributed by atoms with Crippen LogP contribution in [0.15, 0.2) is 29.1 Å². The second-order valence-electron chi connectivity index (χ2n) is 9.09. The van der Waals surface area contributed by atoms with Crippen LogP contribution >= 0.6 is 11.6 Å². The van der Waals surface area contributed by atoms with Gasteiger partial charge in [-0.25, -0.2) is 14.8 Å². The molecule has 1 N–H and O–H groups in total. The summed E-state index contributed by atoms with van der Waals surface area (Å²) in [6.07, 6.45) is 1.74. The Morgan fingerprint density at radius 3 is 2.88 bits per heavy atom. The Bertz CT molecular complexity index is 1350. The van der Waals surface area contributed by atoms with Crippen LogP contribution in [0.25, 0.3) is 10.9 Å². The summed E-state index contributed by atoms with van der Waals surface area (Å²) in [6, 6.07) is 6.99. The molecule has 1 spiro atoms. The predicted molar refractivity (Wildman–Crippen MR) is 130 cm³/mol. The Morgan fingerprint density at radius 1 is 1.32 bits per heavy atom. The summed E-state index contributed by atoms with van der Waals surface area (Å²) in [5, 5.41) is 4.17. The Morgan fingerprint density at radius 2 is 2.15 bits per heavy atom. The van der Waals surface area contributed by atoms with Crippen molar-refractivity contribution < 1.29 is 14.3 Å². The van der Waals surface area contributed by atoms with Crippen LogP contribution in [0, 0.1) is 6.92 Å². The van der Waals surface area contributed by atoms with E-state index in [0.717, 1.165) is 29.8 Å². The van der Waals surface area contributed by atoms with Crippen molar-refractivity contribution in [2.75, 3.05) is 25.1 Å². The minimum absolute atomic E-state index is 0.0127. The quantitative estimate of drug-likeness (QED) is 0.430. The van der Waals surface area contributed by atoms with Gasteiger partial charge in [-0.15, -0.1) is 0 Å². The number of carbonyl (C=O) groups is 1. The molecule has 0 unspecified atom stereocenters. The van der Waals surface area contributed by atoms with E-state index in [2.05, 4.69) is 10.3 Å². The van der Waals surface area contributed by atoms with E-state index in [9.17, 15) is 9.59 Å². The van der Waals surface area contributed by atoms with Crippen LogP contribution < -0.4 is 10.9 Å². The topological polar surface area (TPSA) is 95.3 Å². The second kappa shape index (κ2) is 8.67. The Kier molecular flexibility index (Phi) is 5.81. The van der Waals surface area contributed by atoms with E-state index in [1.807, 2.05) is 30.5 Å². The highest BCUT2D eigenvalue weighted by Gasteiger charge is 2.44. The maximum atomic E-state index is 13.5. The number of nitrogens with zero attached hydrogens (tertiary/aromatic N) is 3. The minimum Gasteiger partial charge on any atom is -0.461 e. The van der Waals surface area contributed by atoms with Crippen molar-refractivity contribution in [2.45, 2.75) is 51.6 Å². The van der Waals surface area contributed by atoms with E-state index in [-0.39, 0.29) is 34.5 Å². The summed E-state index contributed by atoms with van der Waals surface area (Å²) in [5.74, 6) is 0.270. The van der Waals surface area contributed by atoms with Crippen molar-refractivity contribution in [3.63, 3.8) is 0 Å². The van der Waals surface area contributed by atoms with E-state index < -0.39 is 5.97 Å². The lowest BCUT2D eigenvalue weighted by atomic mass is 9.85. The number of ether oxygens (including phenoxy) is 2. The first-order chi connectivity index (χ1) is 16.3. The fourth-order valence-corrected chi connectivity index (χ4v) is 5.23. The van der Waals surface area contributed by atoms with Gasteiger partial charge in [0.15, 0.2) is 5.69 Å². The lowest BCUT2D eigenvalue weighted by Crippen LogP contribution is -2.29. The number of aryl methyl sites for hydroxylation is 1. The molecule has 2 aliphatic rings. The molecule has 0 radical (unpaired) electrons. The van der Waals surface area contributed by atoms with Crippen LogP contribution in [0.2, 0.25) is 5.15 Å². The highest BCUT2D eigenvalue weighted by Crippen LogP contribution is 2.40. The summed E-state index contributed by atoms with van der Waals surface area (Å²) < 4.78 is 12.7. The number of carbonyl (C=O) groups excluding carboxylic acids is 1. The molecule has 8 nitrogen and oxygen atoms in total. The summed E-state index contributed by atoms with van der Waals surface area (Å²) in [5.41, 5.74) is 2.94. The van der Waals surface area contributed by atoms with E-state index in [0.29, 0.717) is 36.3 Å². The van der Waals surface area contributed by atoms with Crippen LogP contribution in [-0.2, 0) is 21.4 Å². The van der Waals surface area contributed by atoms with Gasteiger partial charge < -0.3 is 14.8 Å². The van der Waals surface area contributed by atoms with Crippen LogP contribution in [0.4, 0.5) is 5.69 Å². The first kappa shape index (κ1) is 22.8. The number of halogens is 1. The third-order valence-electron chi connectivity index (χ3n) is 6.79. The van der Waals surface area contributed by atoms with Gasteiger partial charge in [0.2, 0.25) is 0 Å². The molecule has 34 heavy (non-hydrogen) atoms. The summed E-state index contributed by atoms with van der Waals surface area (Å²) in [4.78, 5) is 35.2. The molecule has 2 aliphatic heterocycles. The molecular weight excluding hydrogens is 456 g/mol. The number of pyridine rings is 1. The number of benzene rings is 1. The van der Waals surface area contributed by atoms with Crippen molar-refractivity contribution in [1.29, 1.82) is 0 Å². The fraction of sp³-hybridized carbons (Fsp3) is 0.440. The molecule has 9 heteroatoms. The molecule has 2 atom stereocenters. The van der Waals surface area contributed by atoms with Crippen molar-refractivity contribution in [1.82, 2.24) is 14.5 Å². The maximum Gasteiger partial charge on any atom is 0.359 e. The van der Waals surface area contributed by atoms with Gasteiger partial charge >= 0.3 is 5.97 Å². The number of nitrogens with one attached hydrogen (secondary N) is 1. The average molecular weight is 483 g/mol. The summed E-state index contributed by atoms with van der Waals surface area (Å²) in [7, 11) is 0. The molecule has 3 aromatic rings. The molecule has 0 amide bonds. The van der Waals surface area contributed by atoms with Crippen LogP contribution in [0.1, 0.15) is 60.2 Å². The SMILES string of the molecule is CCOC(=O)c1nc(Cl)ccc1N[C@H](C)c1cc(C)cc2c(=O)n3c(nc12)[C@]1(CCOC1)CC3. The first-order valence-corrected chi connectivity index (χ1v) is 11.9. The molecule has 0 bridgehead atoms. The molecule has 5 rings (SSSR count). The van der Waals surface area contributed by atoms with Gasteiger partial charge in [0, 0.05) is 18.7 Å². The summed E-state index contributed by atoms with van der Waals surface area (Å²) in [6.45, 7) is 7.85. The molecule has 1 saturated heterocycles. The van der Waals surface area contributed by atoms with Gasteiger partial charge in [-0.05, 0) is 57.4 Å². The van der Waals surface area contributed by atoms with Gasteiger partial charge in [-0.1, -0.05) is 17.7 Å². The van der Waals surface area contributed by atoms with Crippen molar-refractivity contribution in [2.24, 2.45) is 0 Å². The lowest BCUT2D eigenvalue weighted by Gasteiger charge is -2.23. The average Bonchev–Trinajstić information content (AvgIpc) is 3.43. The normalized spacial score (nSPS) is 20.0. The highest BCUT2D eigenvalue weighted by atomic mass is 35.5. The van der Waals surface area contributed by atoms with Gasteiger partial charge in [0.05, 0.1) is 41.3 Å². The molecule has 1 aromatic carbocycles. The van der Waals surface area contributed by atoms with Crippen molar-refractivity contribution in [3.8, 4) is 0 Å². The molecule has 4 heterocycles. The van der Waals surface area contributed by atoms with Crippen LogP contribution in [0.5, 0.6) is 0 Å². The maximum absolute atomic E-state index is 13.5. The number of esters is 1. The largest absolute Gasteiger partial charge is 0.461 e. The van der Waals surface area contributed by atoms with Gasteiger partial charge in [0.1, 0.15) is 11.0 Å². The Balaban J connectivity index is 1.60. The zero-order valence-corrected chi connectivity index (χ0v) is 20.2. The number of aromatic nitrogens is 3. The third kappa shape index (κ3) is 3.75. The molecular formula is C25H27ClN4O4. The van der Waals surface area contributed by atoms with Crippen LogP contribution in [-0.4, -0.2) is 40.3 Å². The molecule has 0 aliphatic carbocycles. The van der Waals surface area contributed by atoms with Crippen molar-refractivity contribution >= 4 is 34.2 Å². The number of hydrogen-bond acceptors (Lipinski definition) is 7. The number of hydrogen-bond donors (Lipinski definition) is 1. The van der Waals surface area contributed by atoms with E-state index in [4.69, 9.17) is 26.1 Å². The van der Waals surface area contributed by atoms with Crippen LogP contribution in [0.3, 0.4) is 0 Å². The molecule has 1 fully saturated rings. The zero-order chi connectivity index (χ0) is 24.0. The van der Waals surface area contributed by atoms with E-state index in [1.165, 1.54) is 0 Å². The second-order valence-corrected chi connectivity index (χ2v) is 9.48. The first-order valence-electron chi connectivity index (χ1n) is 11.6. The number of fused-ring (bicyclic) bond motifs is 3. The lowest BCUT2D eigenvalue weighted by molar-refractivity contribution is 0.0520. The van der Waals surface area contributed by atoms with Gasteiger partial charge in [-0.3, -0.25) is 9.36 Å². The summed E-state index contributed by atoms with van der Waals surface area (Å²) >= 11 is 6.04. The van der Waals surface area contributed by atoms with Gasteiger partial charge in [-0.2, -0.15) is 0 Å². The number of rotatable bonds is 5. The molecule has 0 saturated carbocycles. The van der Waals surface area contributed by atoms with E-state index >= 15 is 0 Å². The zero-order valence-electron chi connectivity index (χ0n) is 19.5. The van der Waals surface area contributed by atoms with Crippen molar-refractivity contribution in [3.05, 3.63) is 62.4 Å². The molecule has 178 valence electrons. The minimum atomic E-state index is -0.550. The molecule has 2 aromatic heterocycles. The van der Waals surface area contributed by atoms with E-state index in [1.54, 1.807) is 19.1 Å². The smallest absolute Gasteiger partial charge is 0.359 e. The Hall–Kier alpha value is -2.97. The fourth-order valence-electron chi connectivity index (χ4n) is 5.08. The predicted octanol–water partition coefficient (Wildman–Crippen LogP) is 4.16. The highest BCUT2D eigenvalue weighted by molar-refractivity contribution is 6.29. The third-order valence-corrected chi connectivity index (χ3v) is 7.00. The van der Waals surface area contributed by atoms with Gasteiger partial charge in [0.25, 0.3) is 5.56 Å². The number of anilines is 1. The monoisotopic (exact) mass is 482 g/mol.